The van der Waals surface area contributed by atoms with Crippen LogP contribution in [-0.2, 0) is 11.2 Å². The van der Waals surface area contributed by atoms with E-state index in [1.54, 1.807) is 18.2 Å². The second-order valence-electron chi connectivity index (χ2n) is 2.16. The van der Waals surface area contributed by atoms with Gasteiger partial charge in [0.05, 0.1) is 0 Å². The predicted molar refractivity (Wildman–Crippen MR) is 38.3 cm³/mol. The average Bonchev–Trinajstić information content (AvgIpc) is 1.93. The van der Waals surface area contributed by atoms with Gasteiger partial charge in [-0.05, 0) is 6.07 Å². The van der Waals surface area contributed by atoms with Gasteiger partial charge in [-0.15, -0.1) is 0 Å². The molecule has 58 valence electrons. The van der Waals surface area contributed by atoms with E-state index in [-0.39, 0.29) is 6.42 Å². The van der Waals surface area contributed by atoms with Crippen LogP contribution in [0.1, 0.15) is 5.69 Å². The first-order chi connectivity index (χ1) is 5.20. The quantitative estimate of drug-likeness (QED) is 0.451. The molecule has 1 amide bonds. The topological polar surface area (TPSA) is 70.0 Å². The average molecular weight is 152 g/mol. The van der Waals surface area contributed by atoms with Gasteiger partial charge in [0, 0.05) is 12.1 Å². The lowest BCUT2D eigenvalue weighted by molar-refractivity contribution is -0.613. The number of carbonyl (C=O) groups is 1. The molecule has 0 spiro atoms. The van der Waals surface area contributed by atoms with Gasteiger partial charge in [0.15, 0.2) is 6.20 Å². The van der Waals surface area contributed by atoms with Crippen molar-refractivity contribution in [3.63, 3.8) is 0 Å². The second-order valence-corrected chi connectivity index (χ2v) is 2.16. The molecule has 4 nitrogen and oxygen atoms in total. The highest BCUT2D eigenvalue weighted by Gasteiger charge is 2.05. The molecule has 0 aliphatic heterocycles. The highest BCUT2D eigenvalue weighted by molar-refractivity contribution is 5.75. The van der Waals surface area contributed by atoms with Crippen LogP contribution in [0.5, 0.6) is 0 Å². The molecule has 1 heterocycles. The molecule has 0 aliphatic rings. The van der Waals surface area contributed by atoms with Crippen LogP contribution >= 0.6 is 0 Å². The molecule has 0 bridgehead atoms. The van der Waals surface area contributed by atoms with Gasteiger partial charge in [-0.25, -0.2) is 0 Å². The SMILES string of the molecule is NC(=O)Cc1cccc[n+]1[O-]. The molecule has 0 radical (unpaired) electrons. The fourth-order valence-electron chi connectivity index (χ4n) is 0.779. The Labute approximate surface area is 63.8 Å². The third-order valence-corrected chi connectivity index (χ3v) is 1.26. The highest BCUT2D eigenvalue weighted by Crippen LogP contribution is 1.90. The predicted octanol–water partition coefficient (Wildman–Crippen LogP) is -0.652. The molecule has 0 saturated carbocycles. The number of nitrogens with zero attached hydrogens (tertiary/aromatic N) is 1. The van der Waals surface area contributed by atoms with E-state index >= 15 is 0 Å². The Morgan fingerprint density at radius 2 is 2.36 bits per heavy atom. The molecule has 11 heavy (non-hydrogen) atoms. The molecule has 2 N–H and O–H groups in total. The summed E-state index contributed by atoms with van der Waals surface area (Å²) in [7, 11) is 0. The molecule has 0 aromatic carbocycles. The van der Waals surface area contributed by atoms with Gasteiger partial charge in [-0.2, -0.15) is 4.73 Å². The van der Waals surface area contributed by atoms with Gasteiger partial charge >= 0.3 is 0 Å². The zero-order valence-corrected chi connectivity index (χ0v) is 5.86. The number of primary amides is 1. The van der Waals surface area contributed by atoms with Crippen LogP contribution < -0.4 is 10.5 Å². The monoisotopic (exact) mass is 152 g/mol. The molecular weight excluding hydrogens is 144 g/mol. The zero-order chi connectivity index (χ0) is 8.27. The molecule has 1 aromatic heterocycles. The van der Waals surface area contributed by atoms with E-state index in [1.807, 2.05) is 0 Å². The maximum atomic E-state index is 10.9. The standard InChI is InChI=1S/C7H8N2O2/c8-7(10)5-6-3-1-2-4-9(6)11/h1-4H,5H2,(H2,8,10). The van der Waals surface area contributed by atoms with Crippen LogP contribution in [0.3, 0.4) is 0 Å². The Morgan fingerprint density at radius 3 is 2.91 bits per heavy atom. The fourth-order valence-corrected chi connectivity index (χ4v) is 0.779. The molecule has 4 heteroatoms. The summed E-state index contributed by atoms with van der Waals surface area (Å²) >= 11 is 0. The molecule has 0 unspecified atom stereocenters. The van der Waals surface area contributed by atoms with Gasteiger partial charge < -0.3 is 10.9 Å². The summed E-state index contributed by atoms with van der Waals surface area (Å²) in [5.41, 5.74) is 5.28. The lowest BCUT2D eigenvalue weighted by atomic mass is 10.3. The Bertz CT molecular complexity index is 273. The largest absolute Gasteiger partial charge is 0.618 e. The molecule has 1 aromatic rings. The minimum Gasteiger partial charge on any atom is -0.618 e. The van der Waals surface area contributed by atoms with Crippen molar-refractivity contribution in [3.05, 3.63) is 35.3 Å². The maximum Gasteiger partial charge on any atom is 0.228 e. The molecular formula is C7H8N2O2. The highest BCUT2D eigenvalue weighted by atomic mass is 16.5. The number of hydrogen-bond donors (Lipinski definition) is 1. The lowest BCUT2D eigenvalue weighted by Gasteiger charge is -1.99. The van der Waals surface area contributed by atoms with E-state index < -0.39 is 5.91 Å². The van der Waals surface area contributed by atoms with Crippen LogP contribution in [0, 0.1) is 5.21 Å². The molecule has 0 saturated heterocycles. The van der Waals surface area contributed by atoms with E-state index in [2.05, 4.69) is 0 Å². The van der Waals surface area contributed by atoms with Crippen molar-refractivity contribution < 1.29 is 9.52 Å². The minimum absolute atomic E-state index is 0.00958. The van der Waals surface area contributed by atoms with Crippen LogP contribution in [0.15, 0.2) is 24.4 Å². The molecule has 0 fully saturated rings. The van der Waals surface area contributed by atoms with E-state index in [0.29, 0.717) is 10.4 Å². The van der Waals surface area contributed by atoms with Crippen molar-refractivity contribution in [2.45, 2.75) is 6.42 Å². The number of hydrogen-bond acceptors (Lipinski definition) is 2. The summed E-state index contributed by atoms with van der Waals surface area (Å²) < 4.78 is 0.630. The van der Waals surface area contributed by atoms with E-state index in [4.69, 9.17) is 5.73 Å². The Kier molecular flexibility index (Phi) is 2.06. The van der Waals surface area contributed by atoms with Crippen LogP contribution in [0.25, 0.3) is 0 Å². The van der Waals surface area contributed by atoms with Crippen molar-refractivity contribution in [1.82, 2.24) is 0 Å². The molecule has 1 rings (SSSR count). The van der Waals surface area contributed by atoms with E-state index in [0.717, 1.165) is 0 Å². The normalized spacial score (nSPS) is 9.45. The number of amides is 1. The first kappa shape index (κ1) is 7.53. The van der Waals surface area contributed by atoms with Crippen LogP contribution in [-0.4, -0.2) is 5.91 Å². The van der Waals surface area contributed by atoms with Crippen LogP contribution in [0.2, 0.25) is 0 Å². The van der Waals surface area contributed by atoms with Gasteiger partial charge in [0.1, 0.15) is 6.42 Å². The van der Waals surface area contributed by atoms with Gasteiger partial charge in [0.25, 0.3) is 0 Å². The third kappa shape index (κ3) is 1.93. The summed E-state index contributed by atoms with van der Waals surface area (Å²) in [5.74, 6) is -0.499. The summed E-state index contributed by atoms with van der Waals surface area (Å²) in [4.78, 5) is 10.4. The minimum atomic E-state index is -0.499. The Morgan fingerprint density at radius 1 is 1.64 bits per heavy atom. The number of aromatic nitrogens is 1. The second kappa shape index (κ2) is 3.01. The third-order valence-electron chi connectivity index (χ3n) is 1.26. The van der Waals surface area contributed by atoms with E-state index in [1.165, 1.54) is 6.20 Å². The van der Waals surface area contributed by atoms with Crippen molar-refractivity contribution >= 4 is 5.91 Å². The number of nitrogens with two attached hydrogens (primary N) is 1. The summed E-state index contributed by atoms with van der Waals surface area (Å²) in [6.07, 6.45) is 1.32. The summed E-state index contributed by atoms with van der Waals surface area (Å²) in [6.45, 7) is 0. The smallest absolute Gasteiger partial charge is 0.228 e. The van der Waals surface area contributed by atoms with Gasteiger partial charge in [0.2, 0.25) is 11.6 Å². The van der Waals surface area contributed by atoms with Crippen LogP contribution in [0.4, 0.5) is 0 Å². The zero-order valence-electron chi connectivity index (χ0n) is 5.86. The van der Waals surface area contributed by atoms with Gasteiger partial charge in [-0.1, -0.05) is 0 Å². The van der Waals surface area contributed by atoms with Crippen molar-refractivity contribution in [1.29, 1.82) is 0 Å². The summed E-state index contributed by atoms with van der Waals surface area (Å²) in [5, 5.41) is 10.9. The first-order valence-electron chi connectivity index (χ1n) is 3.15. The first-order valence-corrected chi connectivity index (χ1v) is 3.15. The maximum absolute atomic E-state index is 10.9. The fraction of sp³-hybridized carbons (Fsp3) is 0.143. The Hall–Kier alpha value is -1.58. The van der Waals surface area contributed by atoms with E-state index in [9.17, 15) is 10.0 Å². The number of rotatable bonds is 2. The van der Waals surface area contributed by atoms with Gasteiger partial charge in [-0.3, -0.25) is 4.79 Å². The summed E-state index contributed by atoms with van der Waals surface area (Å²) in [6, 6.07) is 4.85. The molecule has 0 aliphatic carbocycles. The van der Waals surface area contributed by atoms with Crippen molar-refractivity contribution in [3.8, 4) is 0 Å². The van der Waals surface area contributed by atoms with Crippen molar-refractivity contribution in [2.24, 2.45) is 5.73 Å². The lowest BCUT2D eigenvalue weighted by Crippen LogP contribution is -2.33. The Balaban J connectivity index is 2.86. The number of pyridine rings is 1. The van der Waals surface area contributed by atoms with Crippen molar-refractivity contribution in [2.75, 3.05) is 0 Å². The number of carbonyl (C=O) groups excluding carboxylic acids is 1. The molecule has 0 atom stereocenters.